The van der Waals surface area contributed by atoms with Crippen LogP contribution in [0.15, 0.2) is 36.4 Å². The van der Waals surface area contributed by atoms with Gasteiger partial charge in [0.2, 0.25) is 0 Å². The van der Waals surface area contributed by atoms with Gasteiger partial charge in [0, 0.05) is 23.9 Å². The van der Waals surface area contributed by atoms with E-state index in [0.717, 1.165) is 49.8 Å². The van der Waals surface area contributed by atoms with E-state index in [9.17, 15) is 4.79 Å². The fraction of sp³-hybridized carbons (Fsp3) is 0.571. The minimum atomic E-state index is 0.140. The van der Waals surface area contributed by atoms with Crippen LogP contribution < -0.4 is 0 Å². The summed E-state index contributed by atoms with van der Waals surface area (Å²) >= 11 is 0. The van der Waals surface area contributed by atoms with Crippen LogP contribution >= 0.6 is 0 Å². The van der Waals surface area contributed by atoms with E-state index >= 15 is 0 Å². The van der Waals surface area contributed by atoms with Crippen molar-refractivity contribution in [2.75, 3.05) is 19.6 Å². The number of ketones is 1. The summed E-state index contributed by atoms with van der Waals surface area (Å²) in [5, 5.41) is 0. The van der Waals surface area contributed by atoms with Crippen LogP contribution in [0.2, 0.25) is 0 Å². The number of rotatable bonds is 3. The number of allylic oxidation sites excluding steroid dienone is 2. The number of Topliss-reactive ketones (excluding diaryl/α,β-unsaturated/α-hetero) is 1. The van der Waals surface area contributed by atoms with Crippen LogP contribution in [0.4, 0.5) is 0 Å². The minimum absolute atomic E-state index is 0.140. The highest BCUT2D eigenvalue weighted by Crippen LogP contribution is 2.46. The molecule has 1 aromatic carbocycles. The van der Waals surface area contributed by atoms with Crippen molar-refractivity contribution in [3.05, 3.63) is 47.5 Å². The van der Waals surface area contributed by atoms with Gasteiger partial charge in [0.25, 0.3) is 0 Å². The molecule has 0 N–H and O–H groups in total. The smallest absolute Gasteiger partial charge is 0.164 e. The van der Waals surface area contributed by atoms with Gasteiger partial charge in [-0.2, -0.15) is 0 Å². The summed E-state index contributed by atoms with van der Waals surface area (Å²) in [4.78, 5) is 15.0. The zero-order valence-electron chi connectivity index (χ0n) is 14.1. The van der Waals surface area contributed by atoms with Gasteiger partial charge in [0.05, 0.1) is 0 Å². The van der Waals surface area contributed by atoms with Crippen molar-refractivity contribution in [3.8, 4) is 0 Å². The number of benzene rings is 1. The first kappa shape index (κ1) is 15.1. The summed E-state index contributed by atoms with van der Waals surface area (Å²) < 4.78 is 0. The van der Waals surface area contributed by atoms with Crippen LogP contribution in [0.1, 0.15) is 54.9 Å². The van der Waals surface area contributed by atoms with Crippen LogP contribution in [0, 0.1) is 11.8 Å². The Morgan fingerprint density at radius 2 is 2.04 bits per heavy atom. The fourth-order valence-corrected chi connectivity index (χ4v) is 4.97. The first-order chi connectivity index (χ1) is 11.2. The molecule has 3 aliphatic rings. The van der Waals surface area contributed by atoms with Crippen LogP contribution in [-0.2, 0) is 5.41 Å². The summed E-state index contributed by atoms with van der Waals surface area (Å²) in [5.41, 5.74) is 2.46. The second-order valence-electron chi connectivity index (χ2n) is 7.87. The van der Waals surface area contributed by atoms with Crippen molar-refractivity contribution in [3.63, 3.8) is 0 Å². The molecule has 2 aliphatic carbocycles. The number of carbonyl (C=O) groups excluding carboxylic acids is 1. The van der Waals surface area contributed by atoms with Crippen molar-refractivity contribution < 1.29 is 4.79 Å². The highest BCUT2D eigenvalue weighted by Gasteiger charge is 2.44. The average Bonchev–Trinajstić information content (AvgIpc) is 3.19. The van der Waals surface area contributed by atoms with Crippen molar-refractivity contribution in [2.45, 2.75) is 44.4 Å². The Morgan fingerprint density at radius 1 is 1.26 bits per heavy atom. The summed E-state index contributed by atoms with van der Waals surface area (Å²) in [7, 11) is 0. The molecule has 2 heteroatoms. The Morgan fingerprint density at radius 3 is 2.78 bits per heavy atom. The van der Waals surface area contributed by atoms with Gasteiger partial charge < -0.3 is 4.90 Å². The molecule has 1 spiro atoms. The molecule has 1 heterocycles. The molecular weight excluding hydrogens is 282 g/mol. The minimum Gasteiger partial charge on any atom is -0.303 e. The maximum absolute atomic E-state index is 12.4. The molecule has 1 aromatic rings. The zero-order valence-corrected chi connectivity index (χ0v) is 14.1. The van der Waals surface area contributed by atoms with Gasteiger partial charge in [-0.3, -0.25) is 4.79 Å². The number of nitrogens with zero attached hydrogens (tertiary/aromatic N) is 1. The largest absolute Gasteiger partial charge is 0.303 e. The van der Waals surface area contributed by atoms with Crippen molar-refractivity contribution >= 4 is 5.78 Å². The molecule has 4 rings (SSSR count). The number of hydrogen-bond acceptors (Lipinski definition) is 2. The molecule has 1 saturated heterocycles. The zero-order chi connectivity index (χ0) is 15.9. The molecule has 23 heavy (non-hydrogen) atoms. The van der Waals surface area contributed by atoms with Crippen LogP contribution in [0.5, 0.6) is 0 Å². The third kappa shape index (κ3) is 2.67. The molecule has 1 fully saturated rings. The second kappa shape index (κ2) is 5.90. The van der Waals surface area contributed by atoms with E-state index in [0.29, 0.717) is 5.78 Å². The monoisotopic (exact) mass is 309 g/mol. The van der Waals surface area contributed by atoms with Gasteiger partial charge >= 0.3 is 0 Å². The maximum Gasteiger partial charge on any atom is 0.164 e. The average molecular weight is 309 g/mol. The Hall–Kier alpha value is -1.41. The van der Waals surface area contributed by atoms with Gasteiger partial charge in [-0.1, -0.05) is 43.3 Å². The molecule has 0 unspecified atom stereocenters. The SMILES string of the molecule is C[C@@H](CN1CCC2(CC1)CC(=O)c1ccccc12)[C@H]1C=CCC1. The van der Waals surface area contributed by atoms with E-state index in [-0.39, 0.29) is 5.41 Å². The highest BCUT2D eigenvalue weighted by atomic mass is 16.1. The lowest BCUT2D eigenvalue weighted by Gasteiger charge is -2.41. The third-order valence-corrected chi connectivity index (χ3v) is 6.44. The summed E-state index contributed by atoms with van der Waals surface area (Å²) in [6, 6.07) is 8.32. The molecule has 1 aliphatic heterocycles. The van der Waals surface area contributed by atoms with Crippen LogP contribution in [0.25, 0.3) is 0 Å². The van der Waals surface area contributed by atoms with Crippen molar-refractivity contribution in [1.82, 2.24) is 4.90 Å². The Bertz CT molecular complexity index is 624. The first-order valence-corrected chi connectivity index (χ1v) is 9.20. The van der Waals surface area contributed by atoms with E-state index in [1.54, 1.807) is 0 Å². The second-order valence-corrected chi connectivity index (χ2v) is 7.87. The van der Waals surface area contributed by atoms with E-state index in [2.05, 4.69) is 36.1 Å². The number of fused-ring (bicyclic) bond motifs is 2. The van der Waals surface area contributed by atoms with Gasteiger partial charge in [-0.15, -0.1) is 0 Å². The Labute approximate surface area is 139 Å². The molecule has 122 valence electrons. The standard InChI is InChI=1S/C21H27NO/c1-16(17-6-2-3-7-17)15-22-12-10-21(11-13-22)14-20(23)18-8-4-5-9-19(18)21/h2,4-6,8-9,16-17H,3,7,10-15H2,1H3/t16-,17-/m0/s1. The Kier molecular flexibility index (Phi) is 3.88. The molecule has 0 radical (unpaired) electrons. The van der Waals surface area contributed by atoms with E-state index in [4.69, 9.17) is 0 Å². The number of likely N-dealkylation sites (tertiary alicyclic amines) is 1. The summed E-state index contributed by atoms with van der Waals surface area (Å²) in [6.45, 7) is 5.89. The summed E-state index contributed by atoms with van der Waals surface area (Å²) in [5.74, 6) is 1.89. The van der Waals surface area contributed by atoms with Crippen LogP contribution in [0.3, 0.4) is 0 Å². The quantitative estimate of drug-likeness (QED) is 0.780. The lowest BCUT2D eigenvalue weighted by atomic mass is 9.73. The van der Waals surface area contributed by atoms with E-state index in [1.165, 1.54) is 24.9 Å². The van der Waals surface area contributed by atoms with Crippen molar-refractivity contribution in [2.24, 2.45) is 11.8 Å². The third-order valence-electron chi connectivity index (χ3n) is 6.44. The molecular formula is C21H27NO. The topological polar surface area (TPSA) is 20.3 Å². The van der Waals surface area contributed by atoms with E-state index < -0.39 is 0 Å². The number of carbonyl (C=O) groups is 1. The molecule has 2 nitrogen and oxygen atoms in total. The predicted octanol–water partition coefficient (Wildman–Crippen LogP) is 4.21. The molecule has 0 amide bonds. The molecule has 2 atom stereocenters. The molecule has 0 bridgehead atoms. The maximum atomic E-state index is 12.4. The normalized spacial score (nSPS) is 27.5. The number of hydrogen-bond donors (Lipinski definition) is 0. The van der Waals surface area contributed by atoms with Gasteiger partial charge in [-0.25, -0.2) is 0 Å². The molecule has 0 saturated carbocycles. The van der Waals surface area contributed by atoms with Crippen LogP contribution in [-0.4, -0.2) is 30.3 Å². The van der Waals surface area contributed by atoms with Crippen molar-refractivity contribution in [1.29, 1.82) is 0 Å². The fourth-order valence-electron chi connectivity index (χ4n) is 4.97. The predicted molar refractivity (Wildman–Crippen MR) is 93.8 cm³/mol. The highest BCUT2D eigenvalue weighted by molar-refractivity contribution is 6.02. The Balaban J connectivity index is 1.42. The first-order valence-electron chi connectivity index (χ1n) is 9.20. The number of piperidine rings is 1. The van der Waals surface area contributed by atoms with E-state index in [1.807, 2.05) is 12.1 Å². The van der Waals surface area contributed by atoms with Gasteiger partial charge in [0.1, 0.15) is 0 Å². The van der Waals surface area contributed by atoms with Gasteiger partial charge in [-0.05, 0) is 56.2 Å². The van der Waals surface area contributed by atoms with Gasteiger partial charge in [0.15, 0.2) is 5.78 Å². The summed E-state index contributed by atoms with van der Waals surface area (Å²) in [6.07, 6.45) is 10.4. The lowest BCUT2D eigenvalue weighted by molar-refractivity contribution is 0.0919. The lowest BCUT2D eigenvalue weighted by Crippen LogP contribution is -2.43. The molecule has 0 aromatic heterocycles.